The van der Waals surface area contributed by atoms with Gasteiger partial charge in [-0.15, -0.1) is 0 Å². The van der Waals surface area contributed by atoms with Gasteiger partial charge in [0.15, 0.2) is 5.11 Å². The molecule has 1 heterocycles. The highest BCUT2D eigenvalue weighted by Crippen LogP contribution is 2.28. The number of carbonyl (C=O) groups is 1. The molecule has 0 atom stereocenters. The fourth-order valence-electron chi connectivity index (χ4n) is 2.47. The van der Waals surface area contributed by atoms with Crippen molar-refractivity contribution in [3.63, 3.8) is 0 Å². The molecule has 1 aromatic rings. The van der Waals surface area contributed by atoms with Crippen LogP contribution >= 0.6 is 12.2 Å². The number of nitrogens with zero attached hydrogens (tertiary/aromatic N) is 1. The van der Waals surface area contributed by atoms with Crippen LogP contribution in [0, 0.1) is 6.92 Å². The van der Waals surface area contributed by atoms with Crippen LogP contribution < -0.4 is 15.5 Å². The Hall–Kier alpha value is -1.66. The lowest BCUT2D eigenvalue weighted by Crippen LogP contribution is -2.30. The number of ether oxygens (including phenoxy) is 1. The summed E-state index contributed by atoms with van der Waals surface area (Å²) in [4.78, 5) is 13.8. The normalized spacial score (nSPS) is 14.3. The monoisotopic (exact) mass is 321 g/mol. The Morgan fingerprint density at radius 2 is 2.27 bits per heavy atom. The standard InChI is InChI=1S/C16H23N3O2S/c1-12-6-7-13(18-16(22)17-8-4-10-21-2)11-14(12)19-9-3-5-15(19)20/h6-7,11H,3-5,8-10H2,1-2H3,(H2,17,18,22). The number of nitrogens with one attached hydrogen (secondary N) is 2. The Morgan fingerprint density at radius 3 is 2.95 bits per heavy atom. The first-order chi connectivity index (χ1) is 10.6. The maximum absolute atomic E-state index is 11.9. The molecule has 0 unspecified atom stereocenters. The zero-order chi connectivity index (χ0) is 15.9. The summed E-state index contributed by atoms with van der Waals surface area (Å²) in [5, 5.41) is 6.89. The minimum absolute atomic E-state index is 0.195. The lowest BCUT2D eigenvalue weighted by Gasteiger charge is -2.20. The van der Waals surface area contributed by atoms with Crippen molar-refractivity contribution >= 4 is 34.6 Å². The molecule has 1 aliphatic rings. The Balaban J connectivity index is 1.97. The molecule has 2 N–H and O–H groups in total. The van der Waals surface area contributed by atoms with Gasteiger partial charge >= 0.3 is 0 Å². The van der Waals surface area contributed by atoms with E-state index in [0.29, 0.717) is 18.1 Å². The predicted octanol–water partition coefficient (Wildman–Crippen LogP) is 2.44. The molecule has 1 aliphatic heterocycles. The van der Waals surface area contributed by atoms with E-state index in [-0.39, 0.29) is 5.91 Å². The molecule has 1 saturated heterocycles. The SMILES string of the molecule is COCCCNC(=S)Nc1ccc(C)c(N2CCCC2=O)c1. The minimum Gasteiger partial charge on any atom is -0.385 e. The molecule has 1 aromatic carbocycles. The van der Waals surface area contributed by atoms with Gasteiger partial charge in [0, 0.05) is 44.6 Å². The molecule has 6 heteroatoms. The fraction of sp³-hybridized carbons (Fsp3) is 0.500. The first-order valence-electron chi connectivity index (χ1n) is 7.56. The van der Waals surface area contributed by atoms with Crippen LogP contribution in [0.25, 0.3) is 0 Å². The number of benzene rings is 1. The van der Waals surface area contributed by atoms with Crippen LogP contribution in [-0.4, -0.2) is 37.8 Å². The highest BCUT2D eigenvalue weighted by molar-refractivity contribution is 7.80. The van der Waals surface area contributed by atoms with Crippen molar-refractivity contribution in [2.75, 3.05) is 37.0 Å². The van der Waals surface area contributed by atoms with E-state index in [1.54, 1.807) is 7.11 Å². The van der Waals surface area contributed by atoms with Crippen LogP contribution in [0.5, 0.6) is 0 Å². The molecule has 0 bridgehead atoms. The summed E-state index contributed by atoms with van der Waals surface area (Å²) in [6.45, 7) is 4.29. The fourth-order valence-corrected chi connectivity index (χ4v) is 2.69. The van der Waals surface area contributed by atoms with E-state index < -0.39 is 0 Å². The quantitative estimate of drug-likeness (QED) is 0.623. The number of hydrogen-bond acceptors (Lipinski definition) is 3. The summed E-state index contributed by atoms with van der Waals surface area (Å²) in [6, 6.07) is 5.97. The molecule has 22 heavy (non-hydrogen) atoms. The van der Waals surface area contributed by atoms with Gasteiger partial charge in [0.05, 0.1) is 0 Å². The molecule has 1 amide bonds. The Kier molecular flexibility index (Phi) is 6.15. The molecule has 0 spiro atoms. The summed E-state index contributed by atoms with van der Waals surface area (Å²) in [6.07, 6.45) is 2.46. The number of carbonyl (C=O) groups excluding carboxylic acids is 1. The number of methoxy groups -OCH3 is 1. The first-order valence-corrected chi connectivity index (χ1v) is 7.97. The zero-order valence-electron chi connectivity index (χ0n) is 13.1. The number of aryl methyl sites for hydroxylation is 1. The molecular formula is C16H23N3O2S. The van der Waals surface area contributed by atoms with Gasteiger partial charge in [-0.2, -0.15) is 0 Å². The third kappa shape index (κ3) is 4.42. The lowest BCUT2D eigenvalue weighted by molar-refractivity contribution is -0.117. The zero-order valence-corrected chi connectivity index (χ0v) is 14.0. The van der Waals surface area contributed by atoms with E-state index in [9.17, 15) is 4.79 Å². The molecule has 0 radical (unpaired) electrons. The highest BCUT2D eigenvalue weighted by Gasteiger charge is 2.23. The minimum atomic E-state index is 0.195. The summed E-state index contributed by atoms with van der Waals surface area (Å²) in [5.74, 6) is 0.195. The predicted molar refractivity (Wildman–Crippen MR) is 93.5 cm³/mol. The second-order valence-electron chi connectivity index (χ2n) is 5.38. The molecule has 2 rings (SSSR count). The van der Waals surface area contributed by atoms with Crippen molar-refractivity contribution in [3.8, 4) is 0 Å². The number of anilines is 2. The van der Waals surface area contributed by atoms with E-state index in [4.69, 9.17) is 17.0 Å². The molecule has 120 valence electrons. The molecule has 0 saturated carbocycles. The van der Waals surface area contributed by atoms with E-state index in [0.717, 1.165) is 42.9 Å². The van der Waals surface area contributed by atoms with Gasteiger partial charge in [-0.3, -0.25) is 4.79 Å². The van der Waals surface area contributed by atoms with Crippen molar-refractivity contribution in [3.05, 3.63) is 23.8 Å². The van der Waals surface area contributed by atoms with Crippen LogP contribution in [0.1, 0.15) is 24.8 Å². The van der Waals surface area contributed by atoms with Crippen LogP contribution in [-0.2, 0) is 9.53 Å². The van der Waals surface area contributed by atoms with Gasteiger partial charge in [-0.1, -0.05) is 6.07 Å². The first kappa shape index (κ1) is 16.7. The second kappa shape index (κ2) is 8.10. The maximum Gasteiger partial charge on any atom is 0.227 e. The molecule has 5 nitrogen and oxygen atoms in total. The third-order valence-electron chi connectivity index (χ3n) is 3.64. The van der Waals surface area contributed by atoms with Gasteiger partial charge < -0.3 is 20.3 Å². The number of hydrogen-bond donors (Lipinski definition) is 2. The van der Waals surface area contributed by atoms with Gasteiger partial charge in [-0.05, 0) is 49.7 Å². The third-order valence-corrected chi connectivity index (χ3v) is 3.89. The van der Waals surface area contributed by atoms with Crippen molar-refractivity contribution in [1.82, 2.24) is 5.32 Å². The van der Waals surface area contributed by atoms with Gasteiger partial charge in [0.25, 0.3) is 0 Å². The largest absolute Gasteiger partial charge is 0.385 e. The Morgan fingerprint density at radius 1 is 1.45 bits per heavy atom. The summed E-state index contributed by atoms with van der Waals surface area (Å²) in [5.41, 5.74) is 2.96. The Labute approximate surface area is 137 Å². The van der Waals surface area contributed by atoms with Crippen LogP contribution in [0.3, 0.4) is 0 Å². The molecular weight excluding hydrogens is 298 g/mol. The topological polar surface area (TPSA) is 53.6 Å². The van der Waals surface area contributed by atoms with Crippen LogP contribution in [0.15, 0.2) is 18.2 Å². The number of amides is 1. The summed E-state index contributed by atoms with van der Waals surface area (Å²) in [7, 11) is 1.68. The highest BCUT2D eigenvalue weighted by atomic mass is 32.1. The summed E-state index contributed by atoms with van der Waals surface area (Å²) < 4.78 is 5.00. The van der Waals surface area contributed by atoms with Crippen molar-refractivity contribution in [2.45, 2.75) is 26.2 Å². The molecule has 1 fully saturated rings. The number of rotatable bonds is 6. The average Bonchev–Trinajstić information content (AvgIpc) is 2.92. The van der Waals surface area contributed by atoms with Gasteiger partial charge in [-0.25, -0.2) is 0 Å². The second-order valence-corrected chi connectivity index (χ2v) is 5.79. The molecule has 0 aliphatic carbocycles. The van der Waals surface area contributed by atoms with Crippen molar-refractivity contribution < 1.29 is 9.53 Å². The van der Waals surface area contributed by atoms with Crippen molar-refractivity contribution in [1.29, 1.82) is 0 Å². The van der Waals surface area contributed by atoms with Crippen LogP contribution in [0.2, 0.25) is 0 Å². The van der Waals surface area contributed by atoms with Gasteiger partial charge in [0.1, 0.15) is 0 Å². The Bertz CT molecular complexity index is 548. The van der Waals surface area contributed by atoms with E-state index >= 15 is 0 Å². The van der Waals surface area contributed by atoms with E-state index in [2.05, 4.69) is 10.6 Å². The molecule has 0 aromatic heterocycles. The van der Waals surface area contributed by atoms with Gasteiger partial charge in [0.2, 0.25) is 5.91 Å². The number of thiocarbonyl (C=S) groups is 1. The average molecular weight is 321 g/mol. The smallest absolute Gasteiger partial charge is 0.227 e. The van der Waals surface area contributed by atoms with Crippen LogP contribution in [0.4, 0.5) is 11.4 Å². The van der Waals surface area contributed by atoms with E-state index in [1.165, 1.54) is 0 Å². The summed E-state index contributed by atoms with van der Waals surface area (Å²) >= 11 is 5.28. The van der Waals surface area contributed by atoms with E-state index in [1.807, 2.05) is 30.0 Å². The maximum atomic E-state index is 11.9. The lowest BCUT2D eigenvalue weighted by atomic mass is 10.1. The van der Waals surface area contributed by atoms with Crippen molar-refractivity contribution in [2.24, 2.45) is 0 Å².